The monoisotopic (exact) mass is 344 g/mol. The number of hydrogen-bond donors (Lipinski definition) is 0. The minimum atomic E-state index is -0.500. The molecule has 0 fully saturated rings. The van der Waals surface area contributed by atoms with Gasteiger partial charge in [0.05, 0.1) is 0 Å². The zero-order valence-corrected chi connectivity index (χ0v) is 13.3. The Morgan fingerprint density at radius 3 is 2.58 bits per heavy atom. The highest BCUT2D eigenvalue weighted by molar-refractivity contribution is 6.30. The maximum Gasteiger partial charge on any atom is 0.344 e. The lowest BCUT2D eigenvalue weighted by atomic mass is 10.2. The van der Waals surface area contributed by atoms with Gasteiger partial charge in [-0.25, -0.2) is 9.59 Å². The van der Waals surface area contributed by atoms with E-state index in [-0.39, 0.29) is 13.2 Å². The van der Waals surface area contributed by atoms with Crippen LogP contribution in [0.4, 0.5) is 0 Å². The molecule has 0 aliphatic heterocycles. The number of ether oxygens (including phenoxy) is 2. The lowest BCUT2D eigenvalue weighted by Crippen LogP contribution is -2.14. The summed E-state index contributed by atoms with van der Waals surface area (Å²) in [5.74, 6) is -0.0835. The Morgan fingerprint density at radius 1 is 1.04 bits per heavy atom. The van der Waals surface area contributed by atoms with Gasteiger partial charge in [-0.05, 0) is 35.9 Å². The minimum absolute atomic E-state index is 0.145. The molecule has 1 heterocycles. The van der Waals surface area contributed by atoms with Crippen LogP contribution in [0, 0.1) is 0 Å². The normalized spacial score (nSPS) is 10.5. The van der Waals surface area contributed by atoms with Crippen LogP contribution in [0.25, 0.3) is 11.0 Å². The smallest absolute Gasteiger partial charge is 0.344 e. The van der Waals surface area contributed by atoms with Crippen LogP contribution in [0.3, 0.4) is 0 Å². The first-order chi connectivity index (χ1) is 11.6. The van der Waals surface area contributed by atoms with Crippen LogP contribution in [0.15, 0.2) is 63.8 Å². The molecule has 1 aromatic heterocycles. The first-order valence-corrected chi connectivity index (χ1v) is 7.55. The first-order valence-electron chi connectivity index (χ1n) is 7.17. The third-order valence-corrected chi connectivity index (χ3v) is 3.52. The van der Waals surface area contributed by atoms with E-state index in [0.29, 0.717) is 16.4 Å². The number of fused-ring (bicyclic) bond motifs is 1. The van der Waals surface area contributed by atoms with Gasteiger partial charge in [-0.1, -0.05) is 23.7 Å². The SMILES string of the molecule is O=C(COc1ccc2ccc(=O)oc2c1)OCc1ccc(Cl)cc1. The third-order valence-electron chi connectivity index (χ3n) is 3.26. The molecule has 0 unspecified atom stereocenters. The predicted molar refractivity (Wildman–Crippen MR) is 89.2 cm³/mol. The number of esters is 1. The Morgan fingerprint density at radius 2 is 1.79 bits per heavy atom. The fraction of sp³-hybridized carbons (Fsp3) is 0.111. The van der Waals surface area contributed by atoms with Gasteiger partial charge in [0.25, 0.3) is 0 Å². The molecule has 0 N–H and O–H groups in total. The highest BCUT2D eigenvalue weighted by atomic mass is 35.5. The molecule has 0 aliphatic carbocycles. The van der Waals surface area contributed by atoms with Gasteiger partial charge in [0.15, 0.2) is 6.61 Å². The molecule has 0 radical (unpaired) electrons. The molecule has 0 bridgehead atoms. The number of rotatable bonds is 5. The summed E-state index contributed by atoms with van der Waals surface area (Å²) in [6, 6.07) is 15.0. The number of benzene rings is 2. The summed E-state index contributed by atoms with van der Waals surface area (Å²) >= 11 is 5.79. The van der Waals surface area contributed by atoms with Gasteiger partial charge in [0, 0.05) is 22.5 Å². The Bertz CT molecular complexity index is 915. The molecule has 0 saturated carbocycles. The van der Waals surface area contributed by atoms with Crippen LogP contribution < -0.4 is 10.4 Å². The zero-order valence-electron chi connectivity index (χ0n) is 12.5. The van der Waals surface area contributed by atoms with Crippen LogP contribution in [0.1, 0.15) is 5.56 Å². The molecule has 3 aromatic rings. The summed E-state index contributed by atoms with van der Waals surface area (Å²) in [6.45, 7) is -0.0951. The summed E-state index contributed by atoms with van der Waals surface area (Å²) in [5, 5.41) is 1.39. The van der Waals surface area contributed by atoms with Crippen molar-refractivity contribution in [2.75, 3.05) is 6.61 Å². The van der Waals surface area contributed by atoms with Gasteiger partial charge < -0.3 is 13.9 Å². The molecule has 0 amide bonds. The van der Waals surface area contributed by atoms with Crippen molar-refractivity contribution in [2.45, 2.75) is 6.61 Å². The van der Waals surface area contributed by atoms with Crippen LogP contribution in [-0.4, -0.2) is 12.6 Å². The van der Waals surface area contributed by atoms with Gasteiger partial charge in [-0.15, -0.1) is 0 Å². The molecule has 0 aliphatic rings. The molecular formula is C18H13ClO5. The highest BCUT2D eigenvalue weighted by Gasteiger charge is 2.06. The zero-order chi connectivity index (χ0) is 16.9. The van der Waals surface area contributed by atoms with E-state index in [1.807, 2.05) is 0 Å². The van der Waals surface area contributed by atoms with Crippen LogP contribution in [0.2, 0.25) is 5.02 Å². The second kappa shape index (κ2) is 7.19. The van der Waals surface area contributed by atoms with E-state index in [1.165, 1.54) is 6.07 Å². The molecule has 24 heavy (non-hydrogen) atoms. The van der Waals surface area contributed by atoms with E-state index in [4.69, 9.17) is 25.5 Å². The predicted octanol–water partition coefficient (Wildman–Crippen LogP) is 3.57. The van der Waals surface area contributed by atoms with Crippen LogP contribution in [-0.2, 0) is 16.1 Å². The number of halogens is 1. The van der Waals surface area contributed by atoms with E-state index < -0.39 is 11.6 Å². The largest absolute Gasteiger partial charge is 0.482 e. The molecule has 2 aromatic carbocycles. The topological polar surface area (TPSA) is 65.7 Å². The second-order valence-electron chi connectivity index (χ2n) is 5.03. The van der Waals surface area contributed by atoms with Gasteiger partial charge in [-0.3, -0.25) is 0 Å². The Hall–Kier alpha value is -2.79. The van der Waals surface area contributed by atoms with Gasteiger partial charge in [0.1, 0.15) is 17.9 Å². The van der Waals surface area contributed by atoms with Crippen LogP contribution in [0.5, 0.6) is 5.75 Å². The van der Waals surface area contributed by atoms with Crippen molar-refractivity contribution in [1.29, 1.82) is 0 Å². The van der Waals surface area contributed by atoms with E-state index in [2.05, 4.69) is 0 Å². The van der Waals surface area contributed by atoms with E-state index in [1.54, 1.807) is 48.5 Å². The van der Waals surface area contributed by atoms with Crippen molar-refractivity contribution in [3.8, 4) is 5.75 Å². The first kappa shape index (κ1) is 16.1. The summed E-state index contributed by atoms with van der Waals surface area (Å²) in [7, 11) is 0. The van der Waals surface area contributed by atoms with Crippen molar-refractivity contribution in [2.24, 2.45) is 0 Å². The molecule has 0 spiro atoms. The maximum atomic E-state index is 11.7. The Labute approximate surface area is 142 Å². The maximum absolute atomic E-state index is 11.7. The summed E-state index contributed by atoms with van der Waals surface area (Å²) in [6.07, 6.45) is 0. The van der Waals surface area contributed by atoms with Crippen LogP contribution >= 0.6 is 11.6 Å². The number of carbonyl (C=O) groups is 1. The standard InChI is InChI=1S/C18H13ClO5/c19-14-5-1-12(2-6-14)10-23-18(21)11-22-15-7-3-13-4-8-17(20)24-16(13)9-15/h1-9H,10-11H2. The van der Waals surface area contributed by atoms with Crippen molar-refractivity contribution in [3.63, 3.8) is 0 Å². The average molecular weight is 345 g/mol. The quantitative estimate of drug-likeness (QED) is 0.523. The van der Waals surface area contributed by atoms with E-state index in [9.17, 15) is 9.59 Å². The fourth-order valence-electron chi connectivity index (χ4n) is 2.06. The average Bonchev–Trinajstić information content (AvgIpc) is 2.59. The van der Waals surface area contributed by atoms with Crippen molar-refractivity contribution >= 4 is 28.5 Å². The summed E-state index contributed by atoms with van der Waals surface area (Å²) < 4.78 is 15.5. The molecule has 6 heteroatoms. The minimum Gasteiger partial charge on any atom is -0.482 e. The fourth-order valence-corrected chi connectivity index (χ4v) is 2.19. The molecule has 0 atom stereocenters. The van der Waals surface area contributed by atoms with E-state index in [0.717, 1.165) is 10.9 Å². The number of carbonyl (C=O) groups excluding carboxylic acids is 1. The van der Waals surface area contributed by atoms with Gasteiger partial charge in [-0.2, -0.15) is 0 Å². The van der Waals surface area contributed by atoms with Gasteiger partial charge in [0.2, 0.25) is 0 Å². The molecule has 5 nitrogen and oxygen atoms in total. The number of hydrogen-bond acceptors (Lipinski definition) is 5. The lowest BCUT2D eigenvalue weighted by molar-refractivity contribution is -0.147. The molecule has 0 saturated heterocycles. The third kappa shape index (κ3) is 4.14. The van der Waals surface area contributed by atoms with E-state index >= 15 is 0 Å². The van der Waals surface area contributed by atoms with Gasteiger partial charge >= 0.3 is 11.6 Å². The Kier molecular flexibility index (Phi) is 4.82. The van der Waals surface area contributed by atoms with Crippen molar-refractivity contribution in [3.05, 3.63) is 75.6 Å². The van der Waals surface area contributed by atoms with Crippen molar-refractivity contribution < 1.29 is 18.7 Å². The Balaban J connectivity index is 1.55. The highest BCUT2D eigenvalue weighted by Crippen LogP contribution is 2.19. The molecule has 122 valence electrons. The molecular weight excluding hydrogens is 332 g/mol. The summed E-state index contributed by atoms with van der Waals surface area (Å²) in [5.41, 5.74) is 0.789. The lowest BCUT2D eigenvalue weighted by Gasteiger charge is -2.07. The second-order valence-corrected chi connectivity index (χ2v) is 5.47. The molecule has 3 rings (SSSR count). The van der Waals surface area contributed by atoms with Crippen molar-refractivity contribution in [1.82, 2.24) is 0 Å². The summed E-state index contributed by atoms with van der Waals surface area (Å²) in [4.78, 5) is 22.9.